The Morgan fingerprint density at radius 3 is 2.57 bits per heavy atom. The largest absolute Gasteiger partial charge is 0.468 e. The molecule has 0 radical (unpaired) electrons. The first-order valence-corrected chi connectivity index (χ1v) is 10.6. The summed E-state index contributed by atoms with van der Waals surface area (Å²) in [5, 5.41) is 8.14. The Morgan fingerprint density at radius 2 is 1.77 bits per heavy atom. The van der Waals surface area contributed by atoms with E-state index >= 15 is 0 Å². The van der Waals surface area contributed by atoms with Crippen molar-refractivity contribution in [3.05, 3.63) is 95.1 Å². The molecule has 154 valence electrons. The molecule has 30 heavy (non-hydrogen) atoms. The van der Waals surface area contributed by atoms with Crippen LogP contribution in [0.1, 0.15) is 34.4 Å². The van der Waals surface area contributed by atoms with Gasteiger partial charge in [-0.2, -0.15) is 0 Å². The molecule has 4 heteroatoms. The summed E-state index contributed by atoms with van der Waals surface area (Å²) in [4.78, 5) is 4.60. The predicted molar refractivity (Wildman–Crippen MR) is 124 cm³/mol. The zero-order valence-corrected chi connectivity index (χ0v) is 17.7. The fourth-order valence-electron chi connectivity index (χ4n) is 3.93. The van der Waals surface area contributed by atoms with Crippen molar-refractivity contribution in [1.29, 1.82) is 0 Å². The lowest BCUT2D eigenvalue weighted by Crippen LogP contribution is -2.17. The van der Waals surface area contributed by atoms with E-state index in [-0.39, 0.29) is 0 Å². The highest BCUT2D eigenvalue weighted by Crippen LogP contribution is 2.24. The lowest BCUT2D eigenvalue weighted by molar-refractivity contribution is 0.482. The van der Waals surface area contributed by atoms with Crippen molar-refractivity contribution in [2.45, 2.75) is 33.2 Å². The molecule has 2 aromatic heterocycles. The maximum Gasteiger partial charge on any atom is 0.117 e. The molecule has 0 amide bonds. The second-order valence-electron chi connectivity index (χ2n) is 7.92. The second-order valence-corrected chi connectivity index (χ2v) is 7.92. The minimum atomic E-state index is 0.772. The fraction of sp³-hybridized carbons (Fsp3) is 0.269. The number of aromatic nitrogens is 1. The zero-order valence-electron chi connectivity index (χ0n) is 17.7. The standard InChI is InChI=1S/C26H29N3O/c1-19-13-20(2)15-22(14-19)16-21-6-7-24-25(8-11-29-26(24)17-21)28-10-4-9-27-18-23-5-3-12-30-23/h3,5-8,11-15,17,27H,4,9-10,16,18H2,1-2H3,(H,28,29). The number of fused-ring (bicyclic) bond motifs is 1. The SMILES string of the molecule is Cc1cc(C)cc(Cc2ccc3c(NCCCNCc4ccco4)ccnc3c2)c1. The molecule has 0 saturated carbocycles. The van der Waals surface area contributed by atoms with Gasteiger partial charge in [-0.25, -0.2) is 0 Å². The summed E-state index contributed by atoms with van der Waals surface area (Å²) in [6.45, 7) is 6.94. The van der Waals surface area contributed by atoms with Crippen LogP contribution in [0, 0.1) is 13.8 Å². The van der Waals surface area contributed by atoms with Gasteiger partial charge in [0.25, 0.3) is 0 Å². The fourth-order valence-corrected chi connectivity index (χ4v) is 3.93. The number of pyridine rings is 1. The molecule has 0 spiro atoms. The Morgan fingerprint density at radius 1 is 0.900 bits per heavy atom. The van der Waals surface area contributed by atoms with Gasteiger partial charge in [-0.1, -0.05) is 41.5 Å². The third-order valence-corrected chi connectivity index (χ3v) is 5.22. The molecular weight excluding hydrogens is 370 g/mol. The molecule has 0 fully saturated rings. The molecule has 0 saturated heterocycles. The highest BCUT2D eigenvalue weighted by Gasteiger charge is 2.05. The smallest absolute Gasteiger partial charge is 0.117 e. The maximum atomic E-state index is 5.33. The quantitative estimate of drug-likeness (QED) is 0.358. The predicted octanol–water partition coefficient (Wildman–Crippen LogP) is 5.63. The van der Waals surface area contributed by atoms with Gasteiger partial charge in [0.05, 0.1) is 18.3 Å². The number of hydrogen-bond donors (Lipinski definition) is 2. The molecular formula is C26H29N3O. The molecule has 0 aliphatic rings. The van der Waals surface area contributed by atoms with E-state index in [2.05, 4.69) is 71.9 Å². The van der Waals surface area contributed by atoms with Crippen LogP contribution < -0.4 is 10.6 Å². The first-order valence-electron chi connectivity index (χ1n) is 10.6. The van der Waals surface area contributed by atoms with E-state index in [4.69, 9.17) is 4.42 Å². The summed E-state index contributed by atoms with van der Waals surface area (Å²) in [6, 6.07) is 19.3. The zero-order chi connectivity index (χ0) is 20.8. The van der Waals surface area contributed by atoms with Crippen LogP contribution >= 0.6 is 0 Å². The summed E-state index contributed by atoms with van der Waals surface area (Å²) in [5.41, 5.74) is 7.45. The molecule has 2 N–H and O–H groups in total. The van der Waals surface area contributed by atoms with Gasteiger partial charge in [-0.3, -0.25) is 4.98 Å². The van der Waals surface area contributed by atoms with E-state index in [0.29, 0.717) is 0 Å². The van der Waals surface area contributed by atoms with Crippen molar-refractivity contribution >= 4 is 16.6 Å². The normalized spacial score (nSPS) is 11.1. The van der Waals surface area contributed by atoms with Crippen LogP contribution in [0.2, 0.25) is 0 Å². The topological polar surface area (TPSA) is 50.1 Å². The number of benzene rings is 2. The van der Waals surface area contributed by atoms with Gasteiger partial charge in [-0.05, 0) is 68.6 Å². The van der Waals surface area contributed by atoms with Crippen molar-refractivity contribution in [1.82, 2.24) is 10.3 Å². The molecule has 4 nitrogen and oxygen atoms in total. The molecule has 2 heterocycles. The van der Waals surface area contributed by atoms with Gasteiger partial charge in [0.2, 0.25) is 0 Å². The first kappa shape index (κ1) is 20.2. The van der Waals surface area contributed by atoms with Crippen LogP contribution in [-0.2, 0) is 13.0 Å². The van der Waals surface area contributed by atoms with E-state index in [1.165, 1.54) is 27.6 Å². The van der Waals surface area contributed by atoms with Crippen LogP contribution in [0.25, 0.3) is 10.9 Å². The number of aryl methyl sites for hydroxylation is 2. The minimum Gasteiger partial charge on any atom is -0.468 e. The van der Waals surface area contributed by atoms with Gasteiger partial charge in [0.15, 0.2) is 0 Å². The van der Waals surface area contributed by atoms with Crippen LogP contribution in [0.5, 0.6) is 0 Å². The van der Waals surface area contributed by atoms with Gasteiger partial charge >= 0.3 is 0 Å². The average molecular weight is 400 g/mol. The average Bonchev–Trinajstić information content (AvgIpc) is 3.23. The molecule has 0 atom stereocenters. The third kappa shape index (κ3) is 5.28. The summed E-state index contributed by atoms with van der Waals surface area (Å²) >= 11 is 0. The molecule has 0 unspecified atom stereocenters. The van der Waals surface area contributed by atoms with E-state index in [0.717, 1.165) is 49.4 Å². The molecule has 0 aliphatic heterocycles. The van der Waals surface area contributed by atoms with E-state index in [1.54, 1.807) is 6.26 Å². The van der Waals surface area contributed by atoms with Crippen molar-refractivity contribution in [3.8, 4) is 0 Å². The Labute approximate surface area is 178 Å². The number of nitrogens with zero attached hydrogens (tertiary/aromatic N) is 1. The van der Waals surface area contributed by atoms with Crippen LogP contribution in [0.15, 0.2) is 71.5 Å². The Kier molecular flexibility index (Phi) is 6.45. The molecule has 4 aromatic rings. The van der Waals surface area contributed by atoms with Crippen LogP contribution in [0.3, 0.4) is 0 Å². The van der Waals surface area contributed by atoms with Gasteiger partial charge in [0, 0.05) is 23.8 Å². The lowest BCUT2D eigenvalue weighted by atomic mass is 9.99. The minimum absolute atomic E-state index is 0.772. The first-order chi connectivity index (χ1) is 14.7. The summed E-state index contributed by atoms with van der Waals surface area (Å²) < 4.78 is 5.33. The van der Waals surface area contributed by atoms with E-state index in [1.807, 2.05) is 18.3 Å². The van der Waals surface area contributed by atoms with E-state index < -0.39 is 0 Å². The van der Waals surface area contributed by atoms with Gasteiger partial charge in [0.1, 0.15) is 5.76 Å². The highest BCUT2D eigenvalue weighted by molar-refractivity contribution is 5.91. The number of furan rings is 1. The van der Waals surface area contributed by atoms with Crippen LogP contribution in [0.4, 0.5) is 5.69 Å². The van der Waals surface area contributed by atoms with Crippen molar-refractivity contribution in [2.75, 3.05) is 18.4 Å². The molecule has 4 rings (SSSR count). The molecule has 0 aliphatic carbocycles. The summed E-state index contributed by atoms with van der Waals surface area (Å²) in [6.07, 6.45) is 5.56. The Balaban J connectivity index is 1.35. The van der Waals surface area contributed by atoms with E-state index in [9.17, 15) is 0 Å². The third-order valence-electron chi connectivity index (χ3n) is 5.22. The van der Waals surface area contributed by atoms with Crippen LogP contribution in [-0.4, -0.2) is 18.1 Å². The van der Waals surface area contributed by atoms with Gasteiger partial charge in [-0.15, -0.1) is 0 Å². The van der Waals surface area contributed by atoms with Gasteiger partial charge < -0.3 is 15.1 Å². The summed E-state index contributed by atoms with van der Waals surface area (Å²) in [7, 11) is 0. The molecule has 2 aromatic carbocycles. The van der Waals surface area contributed by atoms with Crippen molar-refractivity contribution in [3.63, 3.8) is 0 Å². The lowest BCUT2D eigenvalue weighted by Gasteiger charge is -2.11. The number of rotatable bonds is 9. The Bertz CT molecular complexity index is 1080. The van der Waals surface area contributed by atoms with Crippen molar-refractivity contribution < 1.29 is 4.42 Å². The number of nitrogens with one attached hydrogen (secondary N) is 2. The second kappa shape index (κ2) is 9.59. The Hall–Kier alpha value is -3.11. The number of hydrogen-bond acceptors (Lipinski definition) is 4. The number of anilines is 1. The van der Waals surface area contributed by atoms with Crippen molar-refractivity contribution in [2.24, 2.45) is 0 Å². The summed E-state index contributed by atoms with van der Waals surface area (Å²) in [5.74, 6) is 0.972. The monoisotopic (exact) mass is 399 g/mol. The maximum absolute atomic E-state index is 5.33. The highest BCUT2D eigenvalue weighted by atomic mass is 16.3. The molecule has 0 bridgehead atoms.